The Kier molecular flexibility index (Phi) is 5.76. The minimum absolute atomic E-state index is 0.0867. The highest BCUT2D eigenvalue weighted by Crippen LogP contribution is 2.10. The summed E-state index contributed by atoms with van der Waals surface area (Å²) in [6.07, 6.45) is 2.73. The zero-order chi connectivity index (χ0) is 12.7. The van der Waals surface area contributed by atoms with Gasteiger partial charge in [0.15, 0.2) is 0 Å². The number of hydrogen-bond donors (Lipinski definition) is 2. The van der Waals surface area contributed by atoms with E-state index in [2.05, 4.69) is 5.32 Å². The van der Waals surface area contributed by atoms with E-state index in [-0.39, 0.29) is 18.6 Å². The van der Waals surface area contributed by atoms with E-state index in [4.69, 9.17) is 9.84 Å². The fourth-order valence-electron chi connectivity index (χ4n) is 1.71. The van der Waals surface area contributed by atoms with Gasteiger partial charge in [-0.2, -0.15) is 0 Å². The Balaban J connectivity index is 2.10. The van der Waals surface area contributed by atoms with E-state index >= 15 is 0 Å². The number of carboxylic acid groups (broad SMARTS) is 1. The lowest BCUT2D eigenvalue weighted by Crippen LogP contribution is -2.41. The normalized spacial score (nSPS) is 19.0. The molecule has 0 aromatic heterocycles. The molecule has 0 aliphatic carbocycles. The molecular weight excluding hydrogens is 224 g/mol. The predicted molar refractivity (Wildman–Crippen MR) is 61.9 cm³/mol. The molecule has 98 valence electrons. The first-order chi connectivity index (χ1) is 8.09. The summed E-state index contributed by atoms with van der Waals surface area (Å²) in [6.45, 7) is 1.75. The van der Waals surface area contributed by atoms with Gasteiger partial charge >= 0.3 is 12.0 Å². The maximum absolute atomic E-state index is 11.6. The second kappa shape index (κ2) is 7.11. The van der Waals surface area contributed by atoms with Crippen molar-refractivity contribution >= 4 is 12.0 Å². The molecule has 1 saturated heterocycles. The van der Waals surface area contributed by atoms with Crippen LogP contribution in [0, 0.1) is 0 Å². The van der Waals surface area contributed by atoms with Crippen LogP contribution >= 0.6 is 0 Å². The van der Waals surface area contributed by atoms with Gasteiger partial charge in [-0.3, -0.25) is 4.79 Å². The topological polar surface area (TPSA) is 78.9 Å². The number of urea groups is 1. The van der Waals surface area contributed by atoms with E-state index in [0.717, 1.165) is 19.4 Å². The van der Waals surface area contributed by atoms with Gasteiger partial charge in [-0.1, -0.05) is 0 Å². The fourth-order valence-corrected chi connectivity index (χ4v) is 1.71. The highest BCUT2D eigenvalue weighted by molar-refractivity contribution is 5.74. The molecule has 6 heteroatoms. The van der Waals surface area contributed by atoms with Crippen LogP contribution in [-0.4, -0.2) is 54.9 Å². The Morgan fingerprint density at radius 1 is 1.53 bits per heavy atom. The van der Waals surface area contributed by atoms with Crippen LogP contribution in [0.2, 0.25) is 0 Å². The van der Waals surface area contributed by atoms with Gasteiger partial charge in [0.1, 0.15) is 0 Å². The van der Waals surface area contributed by atoms with Crippen molar-refractivity contribution in [2.45, 2.75) is 31.8 Å². The van der Waals surface area contributed by atoms with Crippen molar-refractivity contribution in [1.29, 1.82) is 0 Å². The first-order valence-corrected chi connectivity index (χ1v) is 5.92. The molecule has 1 heterocycles. The Morgan fingerprint density at radius 2 is 2.29 bits per heavy atom. The lowest BCUT2D eigenvalue weighted by Gasteiger charge is -2.19. The Hall–Kier alpha value is -1.30. The number of rotatable bonds is 6. The molecule has 17 heavy (non-hydrogen) atoms. The third kappa shape index (κ3) is 5.53. The molecule has 0 saturated carbocycles. The van der Waals surface area contributed by atoms with Crippen LogP contribution in [0.15, 0.2) is 0 Å². The molecule has 0 radical (unpaired) electrons. The lowest BCUT2D eigenvalue weighted by atomic mass is 10.2. The second-order valence-corrected chi connectivity index (χ2v) is 4.24. The number of aliphatic carboxylic acids is 1. The minimum atomic E-state index is -0.835. The van der Waals surface area contributed by atoms with Crippen LogP contribution < -0.4 is 5.32 Å². The predicted octanol–water partition coefficient (Wildman–Crippen LogP) is 0.672. The number of carbonyl (C=O) groups is 2. The maximum atomic E-state index is 11.6. The molecule has 1 unspecified atom stereocenters. The molecule has 0 spiro atoms. The number of amides is 2. The van der Waals surface area contributed by atoms with E-state index in [1.807, 2.05) is 0 Å². The number of ether oxygens (including phenoxy) is 1. The van der Waals surface area contributed by atoms with Crippen molar-refractivity contribution in [2.75, 3.05) is 26.7 Å². The van der Waals surface area contributed by atoms with E-state index < -0.39 is 5.97 Å². The average molecular weight is 244 g/mol. The van der Waals surface area contributed by atoms with Crippen molar-refractivity contribution in [3.63, 3.8) is 0 Å². The van der Waals surface area contributed by atoms with Crippen molar-refractivity contribution in [2.24, 2.45) is 0 Å². The van der Waals surface area contributed by atoms with Crippen molar-refractivity contribution in [1.82, 2.24) is 10.2 Å². The van der Waals surface area contributed by atoms with Gasteiger partial charge in [-0.05, 0) is 19.3 Å². The number of nitrogens with zero attached hydrogens (tertiary/aromatic N) is 1. The van der Waals surface area contributed by atoms with Gasteiger partial charge < -0.3 is 20.1 Å². The number of carboxylic acids is 1. The summed E-state index contributed by atoms with van der Waals surface area (Å²) in [4.78, 5) is 23.4. The number of hydrogen-bond acceptors (Lipinski definition) is 3. The molecule has 0 aromatic carbocycles. The smallest absolute Gasteiger partial charge is 0.317 e. The Labute approximate surface area is 101 Å². The summed E-state index contributed by atoms with van der Waals surface area (Å²) < 4.78 is 5.38. The highest BCUT2D eigenvalue weighted by Gasteiger charge is 2.17. The quantitative estimate of drug-likeness (QED) is 0.720. The summed E-state index contributed by atoms with van der Waals surface area (Å²) in [7, 11) is 1.66. The largest absolute Gasteiger partial charge is 0.481 e. The lowest BCUT2D eigenvalue weighted by molar-refractivity contribution is -0.137. The summed E-state index contributed by atoms with van der Waals surface area (Å²) in [5, 5.41) is 11.3. The third-order valence-electron chi connectivity index (χ3n) is 2.74. The molecule has 1 rings (SSSR count). The molecule has 6 nitrogen and oxygen atoms in total. The molecule has 1 fully saturated rings. The zero-order valence-electron chi connectivity index (χ0n) is 10.1. The summed E-state index contributed by atoms with van der Waals surface area (Å²) >= 11 is 0. The van der Waals surface area contributed by atoms with Crippen molar-refractivity contribution in [3.05, 3.63) is 0 Å². The number of nitrogens with one attached hydrogen (secondary N) is 1. The third-order valence-corrected chi connectivity index (χ3v) is 2.74. The van der Waals surface area contributed by atoms with Crippen LogP contribution in [0.5, 0.6) is 0 Å². The molecule has 2 N–H and O–H groups in total. The van der Waals surface area contributed by atoms with Crippen LogP contribution in [0.3, 0.4) is 0 Å². The molecule has 1 aliphatic heterocycles. The van der Waals surface area contributed by atoms with Crippen LogP contribution in [-0.2, 0) is 9.53 Å². The molecule has 2 amide bonds. The second-order valence-electron chi connectivity index (χ2n) is 4.24. The van der Waals surface area contributed by atoms with E-state index in [0.29, 0.717) is 19.5 Å². The van der Waals surface area contributed by atoms with E-state index in [1.54, 1.807) is 7.05 Å². The van der Waals surface area contributed by atoms with Gasteiger partial charge in [0.25, 0.3) is 0 Å². The molecule has 1 aliphatic rings. The van der Waals surface area contributed by atoms with Crippen molar-refractivity contribution in [3.8, 4) is 0 Å². The van der Waals surface area contributed by atoms with Crippen LogP contribution in [0.25, 0.3) is 0 Å². The van der Waals surface area contributed by atoms with Gasteiger partial charge in [-0.15, -0.1) is 0 Å². The SMILES string of the molecule is CN(CCCC(=O)O)C(=O)NCC1CCCO1. The summed E-state index contributed by atoms with van der Waals surface area (Å²) in [5.41, 5.74) is 0. The van der Waals surface area contributed by atoms with Gasteiger partial charge in [0.2, 0.25) is 0 Å². The minimum Gasteiger partial charge on any atom is -0.481 e. The van der Waals surface area contributed by atoms with Gasteiger partial charge in [0.05, 0.1) is 6.10 Å². The number of carbonyl (C=O) groups excluding carboxylic acids is 1. The standard InChI is InChI=1S/C11H20N2O4/c1-13(6-2-5-10(14)15)11(16)12-8-9-4-3-7-17-9/h9H,2-8H2,1H3,(H,12,16)(H,14,15). The molecular formula is C11H20N2O4. The van der Waals surface area contributed by atoms with Gasteiger partial charge in [0, 0.05) is 33.2 Å². The molecule has 0 bridgehead atoms. The van der Waals surface area contributed by atoms with E-state index in [9.17, 15) is 9.59 Å². The Morgan fingerprint density at radius 3 is 2.88 bits per heavy atom. The molecule has 1 atom stereocenters. The van der Waals surface area contributed by atoms with Gasteiger partial charge in [-0.25, -0.2) is 4.79 Å². The Bertz CT molecular complexity index is 264. The first-order valence-electron chi connectivity index (χ1n) is 5.92. The highest BCUT2D eigenvalue weighted by atomic mass is 16.5. The van der Waals surface area contributed by atoms with E-state index in [1.165, 1.54) is 4.90 Å². The van der Waals surface area contributed by atoms with Crippen molar-refractivity contribution < 1.29 is 19.4 Å². The maximum Gasteiger partial charge on any atom is 0.317 e. The average Bonchev–Trinajstić information content (AvgIpc) is 2.78. The first kappa shape index (κ1) is 13.8. The monoisotopic (exact) mass is 244 g/mol. The summed E-state index contributed by atoms with van der Waals surface area (Å²) in [5.74, 6) is -0.835. The summed E-state index contributed by atoms with van der Waals surface area (Å²) in [6, 6.07) is -0.175. The van der Waals surface area contributed by atoms with Crippen LogP contribution in [0.1, 0.15) is 25.7 Å². The van der Waals surface area contributed by atoms with Crippen LogP contribution in [0.4, 0.5) is 4.79 Å². The fraction of sp³-hybridized carbons (Fsp3) is 0.818. The molecule has 0 aromatic rings. The zero-order valence-corrected chi connectivity index (χ0v) is 10.1.